The summed E-state index contributed by atoms with van der Waals surface area (Å²) in [5, 5.41) is 5.82. The molecule has 0 bridgehead atoms. The maximum Gasteiger partial charge on any atom is 0.314 e. The first kappa shape index (κ1) is 15.5. The smallest absolute Gasteiger partial charge is 0.314 e. The summed E-state index contributed by atoms with van der Waals surface area (Å²) in [4.78, 5) is 11.9. The lowest BCUT2D eigenvalue weighted by Gasteiger charge is -2.17. The van der Waals surface area contributed by atoms with E-state index in [9.17, 15) is 9.18 Å². The van der Waals surface area contributed by atoms with E-state index in [0.717, 1.165) is 24.8 Å². The molecule has 1 saturated carbocycles. The van der Waals surface area contributed by atoms with Crippen molar-refractivity contribution in [2.45, 2.75) is 24.7 Å². The molecule has 0 radical (unpaired) electrons. The fourth-order valence-corrected chi connectivity index (χ4v) is 2.80. The van der Waals surface area contributed by atoms with Crippen molar-refractivity contribution in [3.63, 3.8) is 0 Å². The van der Waals surface area contributed by atoms with Crippen LogP contribution in [-0.4, -0.2) is 19.1 Å². The Hall–Kier alpha value is -2.36. The molecular weight excluding hydrogens is 291 g/mol. The van der Waals surface area contributed by atoms with E-state index in [1.165, 1.54) is 17.7 Å². The fourth-order valence-electron chi connectivity index (χ4n) is 2.80. The lowest BCUT2D eigenvalue weighted by molar-refractivity contribution is 0.240. The van der Waals surface area contributed by atoms with E-state index < -0.39 is 0 Å². The van der Waals surface area contributed by atoms with Gasteiger partial charge in [-0.25, -0.2) is 9.18 Å². The Morgan fingerprint density at radius 1 is 1.00 bits per heavy atom. The van der Waals surface area contributed by atoms with E-state index in [-0.39, 0.29) is 17.3 Å². The van der Waals surface area contributed by atoms with Gasteiger partial charge < -0.3 is 10.6 Å². The van der Waals surface area contributed by atoms with Crippen LogP contribution in [0.2, 0.25) is 0 Å². The number of benzene rings is 2. The third-order valence-electron chi connectivity index (χ3n) is 4.44. The molecule has 0 atom stereocenters. The maximum absolute atomic E-state index is 13.0. The summed E-state index contributed by atoms with van der Waals surface area (Å²) < 4.78 is 13.0. The van der Waals surface area contributed by atoms with Crippen LogP contribution in [0.1, 0.15) is 24.0 Å². The van der Waals surface area contributed by atoms with Gasteiger partial charge in [-0.05, 0) is 42.5 Å². The van der Waals surface area contributed by atoms with Crippen LogP contribution < -0.4 is 10.6 Å². The van der Waals surface area contributed by atoms with Crippen molar-refractivity contribution in [3.8, 4) is 0 Å². The molecule has 0 aliphatic heterocycles. The minimum atomic E-state index is -0.226. The van der Waals surface area contributed by atoms with Crippen molar-refractivity contribution in [3.05, 3.63) is 71.5 Å². The monoisotopic (exact) mass is 312 g/mol. The largest absolute Gasteiger partial charge is 0.338 e. The number of carbonyl (C=O) groups is 1. The van der Waals surface area contributed by atoms with Gasteiger partial charge in [0.25, 0.3) is 0 Å². The molecule has 2 aromatic carbocycles. The number of urea groups is 1. The molecule has 0 aromatic heterocycles. The van der Waals surface area contributed by atoms with Crippen molar-refractivity contribution in [2.75, 3.05) is 13.1 Å². The predicted octanol–water partition coefficient (Wildman–Crippen LogP) is 3.40. The van der Waals surface area contributed by atoms with Gasteiger partial charge in [-0.2, -0.15) is 0 Å². The molecule has 3 rings (SSSR count). The minimum absolute atomic E-state index is 0.00945. The van der Waals surface area contributed by atoms with Crippen LogP contribution in [-0.2, 0) is 11.8 Å². The highest BCUT2D eigenvalue weighted by Crippen LogP contribution is 2.47. The van der Waals surface area contributed by atoms with Crippen molar-refractivity contribution < 1.29 is 9.18 Å². The highest BCUT2D eigenvalue weighted by molar-refractivity contribution is 5.74. The lowest BCUT2D eigenvalue weighted by atomic mass is 9.96. The first-order valence-electron chi connectivity index (χ1n) is 8.00. The molecule has 1 aliphatic rings. The van der Waals surface area contributed by atoms with Crippen molar-refractivity contribution in [1.82, 2.24) is 10.6 Å². The third kappa shape index (κ3) is 4.09. The fraction of sp³-hybridized carbons (Fsp3) is 0.316. The predicted molar refractivity (Wildman–Crippen MR) is 88.9 cm³/mol. The molecule has 1 aliphatic carbocycles. The molecule has 0 spiro atoms. The molecule has 0 unspecified atom stereocenters. The van der Waals surface area contributed by atoms with Crippen LogP contribution in [0.5, 0.6) is 0 Å². The van der Waals surface area contributed by atoms with Gasteiger partial charge in [0, 0.05) is 18.5 Å². The van der Waals surface area contributed by atoms with Gasteiger partial charge in [0.05, 0.1) is 0 Å². The molecule has 0 heterocycles. The van der Waals surface area contributed by atoms with Gasteiger partial charge in [-0.15, -0.1) is 0 Å². The zero-order valence-corrected chi connectivity index (χ0v) is 13.0. The molecule has 120 valence electrons. The van der Waals surface area contributed by atoms with E-state index in [1.807, 2.05) is 42.5 Å². The molecule has 1 fully saturated rings. The van der Waals surface area contributed by atoms with Crippen LogP contribution >= 0.6 is 0 Å². The van der Waals surface area contributed by atoms with Crippen molar-refractivity contribution in [2.24, 2.45) is 0 Å². The zero-order valence-electron chi connectivity index (χ0n) is 13.0. The van der Waals surface area contributed by atoms with Crippen LogP contribution in [0.15, 0.2) is 54.6 Å². The Labute approximate surface area is 135 Å². The molecule has 4 heteroatoms. The van der Waals surface area contributed by atoms with Gasteiger partial charge in [-0.3, -0.25) is 0 Å². The number of carbonyl (C=O) groups excluding carboxylic acids is 1. The lowest BCUT2D eigenvalue weighted by Crippen LogP contribution is -2.40. The van der Waals surface area contributed by atoms with Gasteiger partial charge in [-0.1, -0.05) is 42.5 Å². The first-order valence-corrected chi connectivity index (χ1v) is 8.00. The average Bonchev–Trinajstić information content (AvgIpc) is 3.36. The van der Waals surface area contributed by atoms with Crippen LogP contribution in [0.25, 0.3) is 0 Å². The summed E-state index contributed by atoms with van der Waals surface area (Å²) in [5.74, 6) is -0.226. The summed E-state index contributed by atoms with van der Waals surface area (Å²) in [6, 6.07) is 16.5. The van der Waals surface area contributed by atoms with Gasteiger partial charge in [0.1, 0.15) is 5.82 Å². The maximum atomic E-state index is 13.0. The number of halogens is 1. The van der Waals surface area contributed by atoms with E-state index in [2.05, 4.69) is 10.6 Å². The van der Waals surface area contributed by atoms with Crippen LogP contribution in [0, 0.1) is 5.82 Å². The molecule has 3 nitrogen and oxygen atoms in total. The Kier molecular flexibility index (Phi) is 4.60. The SMILES string of the molecule is O=C(NCCc1ccccc1)NCC1(c2ccc(F)cc2)CC1. The minimum Gasteiger partial charge on any atom is -0.338 e. The number of rotatable bonds is 6. The van der Waals surface area contributed by atoms with E-state index in [1.54, 1.807) is 0 Å². The van der Waals surface area contributed by atoms with E-state index in [0.29, 0.717) is 13.1 Å². The van der Waals surface area contributed by atoms with Crippen molar-refractivity contribution in [1.29, 1.82) is 0 Å². The highest BCUT2D eigenvalue weighted by atomic mass is 19.1. The van der Waals surface area contributed by atoms with E-state index >= 15 is 0 Å². The van der Waals surface area contributed by atoms with Gasteiger partial charge in [0.2, 0.25) is 0 Å². The summed E-state index contributed by atoms with van der Waals surface area (Å²) >= 11 is 0. The number of hydrogen-bond acceptors (Lipinski definition) is 1. The molecule has 2 aromatic rings. The Morgan fingerprint density at radius 3 is 2.35 bits per heavy atom. The number of nitrogens with one attached hydrogen (secondary N) is 2. The highest BCUT2D eigenvalue weighted by Gasteiger charge is 2.44. The summed E-state index contributed by atoms with van der Waals surface area (Å²) in [7, 11) is 0. The normalized spacial score (nSPS) is 15.0. The number of amides is 2. The molecular formula is C19H21FN2O. The van der Waals surface area contributed by atoms with Crippen molar-refractivity contribution >= 4 is 6.03 Å². The van der Waals surface area contributed by atoms with Gasteiger partial charge >= 0.3 is 6.03 Å². The average molecular weight is 312 g/mol. The van der Waals surface area contributed by atoms with E-state index in [4.69, 9.17) is 0 Å². The quantitative estimate of drug-likeness (QED) is 0.843. The van der Waals surface area contributed by atoms with Crippen LogP contribution in [0.3, 0.4) is 0 Å². The summed E-state index contributed by atoms with van der Waals surface area (Å²) in [6.07, 6.45) is 2.88. The molecule has 0 saturated heterocycles. The molecule has 23 heavy (non-hydrogen) atoms. The Bertz CT molecular complexity index is 651. The molecule has 2 amide bonds. The molecule has 2 N–H and O–H groups in total. The number of hydrogen-bond donors (Lipinski definition) is 2. The second-order valence-electron chi connectivity index (χ2n) is 6.13. The van der Waals surface area contributed by atoms with Crippen LogP contribution in [0.4, 0.5) is 9.18 Å². The summed E-state index contributed by atoms with van der Waals surface area (Å²) in [6.45, 7) is 1.20. The second-order valence-corrected chi connectivity index (χ2v) is 6.13. The first-order chi connectivity index (χ1) is 11.2. The topological polar surface area (TPSA) is 41.1 Å². The zero-order chi connectivity index (χ0) is 16.1. The summed E-state index contributed by atoms with van der Waals surface area (Å²) in [5.41, 5.74) is 2.30. The standard InChI is InChI=1S/C19H21FN2O/c20-17-8-6-16(7-9-17)19(11-12-19)14-22-18(23)21-13-10-15-4-2-1-3-5-15/h1-9H,10-14H2,(H2,21,22,23). The second kappa shape index (κ2) is 6.82. The van der Waals surface area contributed by atoms with Gasteiger partial charge in [0.15, 0.2) is 0 Å². The third-order valence-corrected chi connectivity index (χ3v) is 4.44. The Morgan fingerprint density at radius 2 is 1.70 bits per heavy atom. The Balaban J connectivity index is 1.43.